The number of ether oxygens (including phenoxy) is 1. The molecule has 2 aliphatic carbocycles. The van der Waals surface area contributed by atoms with Crippen molar-refractivity contribution >= 4 is 5.97 Å². The minimum absolute atomic E-state index is 0.105. The number of rotatable bonds is 2. The van der Waals surface area contributed by atoms with E-state index in [1.807, 2.05) is 0 Å². The van der Waals surface area contributed by atoms with E-state index >= 15 is 0 Å². The summed E-state index contributed by atoms with van der Waals surface area (Å²) in [4.78, 5) is 11.6. The van der Waals surface area contributed by atoms with Crippen LogP contribution in [0.15, 0.2) is 0 Å². The molecular weight excluding hydrogens is 176 g/mol. The Balaban J connectivity index is 1.91. The van der Waals surface area contributed by atoms with E-state index in [9.17, 15) is 4.79 Å². The minimum atomic E-state index is 0.105. The molecule has 6 atom stereocenters. The maximum absolute atomic E-state index is 11.6. The van der Waals surface area contributed by atoms with Gasteiger partial charge in [0.2, 0.25) is 0 Å². The fourth-order valence-corrected chi connectivity index (χ4v) is 4.28. The van der Waals surface area contributed by atoms with Crippen molar-refractivity contribution in [1.82, 2.24) is 0 Å². The summed E-state index contributed by atoms with van der Waals surface area (Å²) in [5.74, 6) is 3.00. The van der Waals surface area contributed by atoms with Gasteiger partial charge >= 0.3 is 5.97 Å². The van der Waals surface area contributed by atoms with E-state index in [-0.39, 0.29) is 11.9 Å². The molecule has 0 aromatic rings. The van der Waals surface area contributed by atoms with Gasteiger partial charge in [-0.3, -0.25) is 4.79 Å². The van der Waals surface area contributed by atoms with Crippen LogP contribution >= 0.6 is 0 Å². The third-order valence-electron chi connectivity index (χ3n) is 4.79. The zero-order valence-corrected chi connectivity index (χ0v) is 8.90. The lowest BCUT2D eigenvalue weighted by Crippen LogP contribution is -2.31. The standard InChI is InChI=1S/C12H18O2/c1-3-4-7-8-5-9-10(6(8)2)12(13)14-11(7)9/h6-11H,3-5H2,1-2H3. The molecule has 0 amide bonds. The second-order valence-electron chi connectivity index (χ2n) is 5.30. The normalized spacial score (nSPS) is 54.0. The summed E-state index contributed by atoms with van der Waals surface area (Å²) in [7, 11) is 0. The first kappa shape index (κ1) is 8.75. The molecule has 14 heavy (non-hydrogen) atoms. The van der Waals surface area contributed by atoms with E-state index < -0.39 is 0 Å². The molecule has 0 N–H and O–H groups in total. The lowest BCUT2D eigenvalue weighted by molar-refractivity contribution is -0.144. The highest BCUT2D eigenvalue weighted by molar-refractivity contribution is 5.77. The largest absolute Gasteiger partial charge is 0.462 e. The first-order chi connectivity index (χ1) is 6.74. The number of carbonyl (C=O) groups excluding carboxylic acids is 1. The Morgan fingerprint density at radius 2 is 2.21 bits per heavy atom. The molecule has 0 aromatic carbocycles. The highest BCUT2D eigenvalue weighted by Crippen LogP contribution is 2.61. The van der Waals surface area contributed by atoms with Gasteiger partial charge in [0.25, 0.3) is 0 Å². The van der Waals surface area contributed by atoms with Crippen molar-refractivity contribution in [3.8, 4) is 0 Å². The van der Waals surface area contributed by atoms with E-state index in [2.05, 4.69) is 13.8 Å². The van der Waals surface area contributed by atoms with E-state index in [0.717, 1.165) is 5.92 Å². The monoisotopic (exact) mass is 194 g/mol. The number of hydrogen-bond acceptors (Lipinski definition) is 2. The van der Waals surface area contributed by atoms with E-state index in [1.54, 1.807) is 0 Å². The van der Waals surface area contributed by atoms with Crippen molar-refractivity contribution in [2.45, 2.75) is 39.2 Å². The van der Waals surface area contributed by atoms with Gasteiger partial charge in [-0.05, 0) is 30.6 Å². The fourth-order valence-electron chi connectivity index (χ4n) is 4.28. The Kier molecular flexibility index (Phi) is 1.71. The highest BCUT2D eigenvalue weighted by Gasteiger charge is 2.64. The number of carbonyl (C=O) groups is 1. The van der Waals surface area contributed by atoms with Gasteiger partial charge in [-0.2, -0.15) is 0 Å². The van der Waals surface area contributed by atoms with Crippen LogP contribution in [0.25, 0.3) is 0 Å². The van der Waals surface area contributed by atoms with Crippen LogP contribution in [0.4, 0.5) is 0 Å². The summed E-state index contributed by atoms with van der Waals surface area (Å²) in [6.45, 7) is 4.48. The molecule has 3 rings (SSSR count). The predicted octanol–water partition coefficient (Wildman–Crippen LogP) is 2.23. The molecule has 78 valence electrons. The Hall–Kier alpha value is -0.530. The smallest absolute Gasteiger partial charge is 0.309 e. The van der Waals surface area contributed by atoms with Gasteiger partial charge in [0.15, 0.2) is 0 Å². The van der Waals surface area contributed by atoms with Crippen molar-refractivity contribution in [1.29, 1.82) is 0 Å². The average molecular weight is 194 g/mol. The van der Waals surface area contributed by atoms with Gasteiger partial charge in [-0.25, -0.2) is 0 Å². The van der Waals surface area contributed by atoms with Gasteiger partial charge in [0.05, 0.1) is 5.92 Å². The average Bonchev–Trinajstić information content (AvgIpc) is 2.70. The van der Waals surface area contributed by atoms with Crippen molar-refractivity contribution < 1.29 is 9.53 Å². The molecule has 1 aliphatic heterocycles. The van der Waals surface area contributed by atoms with Crippen molar-refractivity contribution in [3.05, 3.63) is 0 Å². The number of fused-ring (bicyclic) bond motifs is 1. The molecule has 1 heterocycles. The van der Waals surface area contributed by atoms with Crippen molar-refractivity contribution in [2.24, 2.45) is 29.6 Å². The SMILES string of the molecule is CCCC1C2CC3C1OC(=O)C3C2C. The third-order valence-corrected chi connectivity index (χ3v) is 4.79. The second-order valence-corrected chi connectivity index (χ2v) is 5.30. The molecule has 1 saturated heterocycles. The molecule has 0 spiro atoms. The molecule has 6 unspecified atom stereocenters. The van der Waals surface area contributed by atoms with Crippen LogP contribution in [-0.2, 0) is 9.53 Å². The highest BCUT2D eigenvalue weighted by atomic mass is 16.6. The lowest BCUT2D eigenvalue weighted by Gasteiger charge is -2.29. The van der Waals surface area contributed by atoms with Gasteiger partial charge < -0.3 is 4.74 Å². The minimum Gasteiger partial charge on any atom is -0.462 e. The maximum Gasteiger partial charge on any atom is 0.309 e. The number of esters is 1. The molecule has 3 fully saturated rings. The summed E-state index contributed by atoms with van der Waals surface area (Å²) in [5, 5.41) is 0. The van der Waals surface area contributed by atoms with Crippen molar-refractivity contribution in [3.63, 3.8) is 0 Å². The van der Waals surface area contributed by atoms with Crippen LogP contribution < -0.4 is 0 Å². The van der Waals surface area contributed by atoms with Crippen molar-refractivity contribution in [2.75, 3.05) is 0 Å². The lowest BCUT2D eigenvalue weighted by atomic mass is 9.74. The van der Waals surface area contributed by atoms with E-state index in [1.165, 1.54) is 19.3 Å². The van der Waals surface area contributed by atoms with Crippen LogP contribution in [0.2, 0.25) is 0 Å². The van der Waals surface area contributed by atoms with Crippen LogP contribution in [0, 0.1) is 29.6 Å². The Bertz CT molecular complexity index is 273. The van der Waals surface area contributed by atoms with Crippen LogP contribution in [-0.4, -0.2) is 12.1 Å². The summed E-state index contributed by atoms with van der Waals surface area (Å²) < 4.78 is 5.54. The fraction of sp³-hybridized carbons (Fsp3) is 0.917. The first-order valence-electron chi connectivity index (χ1n) is 5.94. The second kappa shape index (κ2) is 2.74. The molecule has 0 aromatic heterocycles. The zero-order valence-electron chi connectivity index (χ0n) is 8.90. The molecule has 2 nitrogen and oxygen atoms in total. The summed E-state index contributed by atoms with van der Waals surface area (Å²) in [6, 6.07) is 0. The maximum atomic E-state index is 11.6. The summed E-state index contributed by atoms with van der Waals surface area (Å²) in [5.41, 5.74) is 0. The van der Waals surface area contributed by atoms with Crippen LogP contribution in [0.1, 0.15) is 33.1 Å². The quantitative estimate of drug-likeness (QED) is 0.630. The first-order valence-corrected chi connectivity index (χ1v) is 5.94. The molecule has 2 saturated carbocycles. The Labute approximate surface area is 85.0 Å². The van der Waals surface area contributed by atoms with Crippen LogP contribution in [0.5, 0.6) is 0 Å². The molecule has 0 radical (unpaired) electrons. The zero-order chi connectivity index (χ0) is 9.87. The third kappa shape index (κ3) is 0.850. The van der Waals surface area contributed by atoms with Gasteiger partial charge in [-0.1, -0.05) is 20.3 Å². The van der Waals surface area contributed by atoms with Gasteiger partial charge in [0, 0.05) is 5.92 Å². The van der Waals surface area contributed by atoms with Crippen LogP contribution in [0.3, 0.4) is 0 Å². The number of hydrogen-bond donors (Lipinski definition) is 0. The predicted molar refractivity (Wildman–Crippen MR) is 52.5 cm³/mol. The molecule has 2 heteroatoms. The topological polar surface area (TPSA) is 26.3 Å². The summed E-state index contributed by atoms with van der Waals surface area (Å²) >= 11 is 0. The van der Waals surface area contributed by atoms with Gasteiger partial charge in [0.1, 0.15) is 6.10 Å². The summed E-state index contributed by atoms with van der Waals surface area (Å²) in [6.07, 6.45) is 4.02. The molecule has 3 aliphatic rings. The van der Waals surface area contributed by atoms with E-state index in [0.29, 0.717) is 23.9 Å². The Morgan fingerprint density at radius 3 is 2.93 bits per heavy atom. The molecule has 2 bridgehead atoms. The van der Waals surface area contributed by atoms with E-state index in [4.69, 9.17) is 4.74 Å². The molecular formula is C12H18O2. The van der Waals surface area contributed by atoms with Gasteiger partial charge in [-0.15, -0.1) is 0 Å². The Morgan fingerprint density at radius 1 is 1.43 bits per heavy atom.